The summed E-state index contributed by atoms with van der Waals surface area (Å²) >= 11 is 0.700. The quantitative estimate of drug-likeness (QED) is 0.497. The molecule has 0 heterocycles. The molecular formula is H2CaMoOV. The molecule has 0 spiro atoms. The molecule has 21 valence electrons. The van der Waals surface area contributed by atoms with Gasteiger partial charge in [0.15, 0.2) is 0 Å². The first-order chi connectivity index (χ1) is 1.00. The summed E-state index contributed by atoms with van der Waals surface area (Å²) in [6.07, 6.45) is 0. The second kappa shape index (κ2) is 18.4. The Balaban J connectivity index is -0.000000000833. The van der Waals surface area contributed by atoms with Crippen molar-refractivity contribution in [3.8, 4) is 0 Å². The van der Waals surface area contributed by atoms with Crippen LogP contribution in [0.15, 0.2) is 0 Å². The fraction of sp³-hybridized carbons (Fsp3) is 0. The van der Waals surface area contributed by atoms with E-state index in [1.807, 2.05) is 0 Å². The Morgan fingerprint density at radius 1 is 1.50 bits per heavy atom. The SMILES string of the molecule is [Ca+2].[H-].[H-].[O]=[Mo].[V]. The van der Waals surface area contributed by atoms with Crippen molar-refractivity contribution in [3.63, 3.8) is 0 Å². The number of hydrogen-bond donors (Lipinski definition) is 0. The summed E-state index contributed by atoms with van der Waals surface area (Å²) in [4.78, 5) is 0. The molecule has 0 saturated carbocycles. The molecule has 1 nitrogen and oxygen atoms in total. The van der Waals surface area contributed by atoms with Gasteiger partial charge in [-0.2, -0.15) is 0 Å². The van der Waals surface area contributed by atoms with Gasteiger partial charge in [-0.25, -0.2) is 0 Å². The molecule has 1 radical (unpaired) electrons. The Morgan fingerprint density at radius 3 is 1.50 bits per heavy atom. The first-order valence-electron chi connectivity index (χ1n) is 0.167. The minimum Gasteiger partial charge on any atom is 0 e. The van der Waals surface area contributed by atoms with Crippen molar-refractivity contribution in [1.82, 2.24) is 0 Å². The van der Waals surface area contributed by atoms with Gasteiger partial charge in [0.2, 0.25) is 0 Å². The van der Waals surface area contributed by atoms with E-state index in [2.05, 4.69) is 0 Å². The van der Waals surface area contributed by atoms with Crippen LogP contribution in [0.1, 0.15) is 2.85 Å². The summed E-state index contributed by atoms with van der Waals surface area (Å²) in [5, 5.41) is 0. The first-order valence-corrected chi connectivity index (χ1v) is 0.986. The van der Waals surface area contributed by atoms with Gasteiger partial charge in [-0.15, -0.1) is 0 Å². The zero-order valence-corrected chi connectivity index (χ0v) is 7.58. The molecule has 0 fully saturated rings. The summed E-state index contributed by atoms with van der Waals surface area (Å²) in [6, 6.07) is 0. The number of hydrogen-bond acceptors (Lipinski definition) is 1. The van der Waals surface area contributed by atoms with Gasteiger partial charge in [0.05, 0.1) is 0 Å². The van der Waals surface area contributed by atoms with E-state index in [0.717, 1.165) is 0 Å². The van der Waals surface area contributed by atoms with Gasteiger partial charge in [-0.05, 0) is 0 Å². The normalized spacial score (nSPS) is 1.00. The van der Waals surface area contributed by atoms with E-state index in [1.165, 1.54) is 0 Å². The minimum atomic E-state index is 0. The molecule has 0 saturated heterocycles. The van der Waals surface area contributed by atoms with E-state index in [-0.39, 0.29) is 59.1 Å². The Morgan fingerprint density at radius 2 is 1.50 bits per heavy atom. The minimum absolute atomic E-state index is 0. The summed E-state index contributed by atoms with van der Waals surface area (Å²) < 4.78 is 8.26. The fourth-order valence-electron chi connectivity index (χ4n) is 0. The molecule has 0 unspecified atom stereocenters. The molecule has 0 aromatic carbocycles. The molecule has 0 atom stereocenters. The molecule has 0 amide bonds. The van der Waals surface area contributed by atoms with Crippen molar-refractivity contribution in [2.75, 3.05) is 0 Å². The summed E-state index contributed by atoms with van der Waals surface area (Å²) in [5.41, 5.74) is 0. The topological polar surface area (TPSA) is 17.1 Å². The van der Waals surface area contributed by atoms with Crippen molar-refractivity contribution >= 4 is 37.7 Å². The van der Waals surface area contributed by atoms with Crippen molar-refractivity contribution in [3.05, 3.63) is 0 Å². The zero-order valence-electron chi connectivity index (χ0n) is 3.97. The largest absolute Gasteiger partial charge is 0 e. The molecule has 0 aliphatic carbocycles. The average Bonchev–Trinajstić information content (AvgIpc) is 1.00. The van der Waals surface area contributed by atoms with Crippen LogP contribution in [-0.2, 0) is 41.7 Å². The molecule has 0 aliphatic rings. The molecule has 4 heteroatoms. The van der Waals surface area contributed by atoms with E-state index in [4.69, 9.17) is 3.40 Å². The van der Waals surface area contributed by atoms with Crippen molar-refractivity contribution in [2.45, 2.75) is 0 Å². The van der Waals surface area contributed by atoms with Crippen LogP contribution in [0.4, 0.5) is 0 Å². The summed E-state index contributed by atoms with van der Waals surface area (Å²) in [5.74, 6) is 0. The van der Waals surface area contributed by atoms with Crippen LogP contribution < -0.4 is 0 Å². The fourth-order valence-corrected chi connectivity index (χ4v) is 0. The Hall–Kier alpha value is 2.33. The standard InChI is InChI=1S/Ca.Mo.O.V.2H/q+2;;;;2*-1. The summed E-state index contributed by atoms with van der Waals surface area (Å²) in [7, 11) is 0. The number of rotatable bonds is 0. The maximum absolute atomic E-state index is 8.26. The second-order valence-corrected chi connectivity index (χ2v) is 0. The average molecular weight is 205 g/mol. The monoisotopic (exact) mass is 207 g/mol. The molecule has 0 aromatic rings. The van der Waals surface area contributed by atoms with Crippen LogP contribution in [0.5, 0.6) is 0 Å². The van der Waals surface area contributed by atoms with Crippen LogP contribution in [0.2, 0.25) is 0 Å². The van der Waals surface area contributed by atoms with Crippen LogP contribution in [0.25, 0.3) is 0 Å². The third-order valence-corrected chi connectivity index (χ3v) is 0. The zero-order chi connectivity index (χ0) is 2.00. The van der Waals surface area contributed by atoms with Crippen molar-refractivity contribution in [2.24, 2.45) is 0 Å². The molecule has 4 heavy (non-hydrogen) atoms. The van der Waals surface area contributed by atoms with Gasteiger partial charge in [-0.1, -0.05) is 0 Å². The van der Waals surface area contributed by atoms with E-state index >= 15 is 0 Å². The van der Waals surface area contributed by atoms with Crippen LogP contribution in [0.3, 0.4) is 0 Å². The maximum Gasteiger partial charge on any atom is 0 e. The molecule has 0 rings (SSSR count). The Kier molecular flexibility index (Phi) is 74.6. The molecule has 0 N–H and O–H groups in total. The van der Waals surface area contributed by atoms with Gasteiger partial charge in [0.25, 0.3) is 0 Å². The Bertz CT molecular complexity index is 13.5. The van der Waals surface area contributed by atoms with Gasteiger partial charge in [-0.3, -0.25) is 0 Å². The first kappa shape index (κ1) is 16.2. The van der Waals surface area contributed by atoms with Gasteiger partial charge in [0.1, 0.15) is 0 Å². The third kappa shape index (κ3) is 8.84. The van der Waals surface area contributed by atoms with E-state index in [9.17, 15) is 0 Å². The van der Waals surface area contributed by atoms with Crippen molar-refractivity contribution < 1.29 is 44.6 Å². The second-order valence-electron chi connectivity index (χ2n) is 0. The van der Waals surface area contributed by atoms with Crippen LogP contribution in [0, 0.1) is 0 Å². The molecule has 0 aromatic heterocycles. The van der Waals surface area contributed by atoms with Crippen molar-refractivity contribution in [1.29, 1.82) is 0 Å². The van der Waals surface area contributed by atoms with Gasteiger partial charge in [0, 0.05) is 18.6 Å². The predicted molar refractivity (Wildman–Crippen MR) is 8.66 cm³/mol. The van der Waals surface area contributed by atoms with E-state index in [0.29, 0.717) is 19.8 Å². The molecule has 0 bridgehead atoms. The Labute approximate surface area is 81.0 Å². The van der Waals surface area contributed by atoms with Crippen LogP contribution in [-0.4, -0.2) is 37.7 Å². The maximum atomic E-state index is 8.26. The smallest absolute Gasteiger partial charge is 0 e. The molecular weight excluding hydrogens is 203 g/mol. The summed E-state index contributed by atoms with van der Waals surface area (Å²) in [6.45, 7) is 0. The molecule has 0 aliphatic heterocycles. The van der Waals surface area contributed by atoms with E-state index in [1.54, 1.807) is 0 Å². The van der Waals surface area contributed by atoms with Gasteiger partial charge >= 0.3 is 60.9 Å². The van der Waals surface area contributed by atoms with E-state index < -0.39 is 0 Å². The van der Waals surface area contributed by atoms with Gasteiger partial charge < -0.3 is 2.85 Å². The predicted octanol–water partition coefficient (Wildman–Crippen LogP) is -0.280. The third-order valence-electron chi connectivity index (χ3n) is 0. The van der Waals surface area contributed by atoms with Crippen LogP contribution >= 0.6 is 0 Å².